The lowest BCUT2D eigenvalue weighted by Crippen LogP contribution is -2.25. The molecule has 2 heterocycles. The van der Waals surface area contributed by atoms with E-state index in [0.717, 1.165) is 23.2 Å². The first kappa shape index (κ1) is 14.7. The number of carbonyl (C=O) groups is 1. The van der Waals surface area contributed by atoms with Crippen LogP contribution in [0, 0.1) is 0 Å². The summed E-state index contributed by atoms with van der Waals surface area (Å²) in [7, 11) is 0. The predicted molar refractivity (Wildman–Crippen MR) is 90.2 cm³/mol. The Balaban J connectivity index is 1.44. The molecule has 4 nitrogen and oxygen atoms in total. The largest absolute Gasteiger partial charge is 0.351 e. The van der Waals surface area contributed by atoms with Crippen LogP contribution in [0.4, 0.5) is 0 Å². The summed E-state index contributed by atoms with van der Waals surface area (Å²) in [5.41, 5.74) is 2.25. The third kappa shape index (κ3) is 3.68. The minimum atomic E-state index is -0.0808. The van der Waals surface area contributed by atoms with E-state index in [0.29, 0.717) is 12.2 Å². The zero-order valence-electron chi connectivity index (χ0n) is 12.1. The Morgan fingerprint density at radius 2 is 2.05 bits per heavy atom. The Kier molecular flexibility index (Phi) is 4.75. The summed E-state index contributed by atoms with van der Waals surface area (Å²) in [6.07, 6.45) is 2.66. The Morgan fingerprint density at radius 1 is 1.18 bits per heavy atom. The Hall–Kier alpha value is -2.27. The van der Waals surface area contributed by atoms with Crippen molar-refractivity contribution in [3.63, 3.8) is 0 Å². The number of H-pyrrole nitrogens is 1. The molecular weight excluding hydrogens is 294 g/mol. The van der Waals surface area contributed by atoms with Gasteiger partial charge < -0.3 is 10.3 Å². The molecule has 0 radical (unpaired) electrons. The lowest BCUT2D eigenvalue weighted by Gasteiger charge is -2.04. The van der Waals surface area contributed by atoms with Gasteiger partial charge in [0.15, 0.2) is 0 Å². The quantitative estimate of drug-likeness (QED) is 0.541. The minimum absolute atomic E-state index is 0.0808. The molecule has 0 saturated heterocycles. The summed E-state index contributed by atoms with van der Waals surface area (Å²) < 4.78 is 0. The highest BCUT2D eigenvalue weighted by atomic mass is 32.2. The maximum absolute atomic E-state index is 12.1. The highest BCUT2D eigenvalue weighted by molar-refractivity contribution is 7.99. The van der Waals surface area contributed by atoms with E-state index < -0.39 is 0 Å². The number of pyridine rings is 1. The van der Waals surface area contributed by atoms with Gasteiger partial charge in [0.25, 0.3) is 5.91 Å². The second-order valence-electron chi connectivity index (χ2n) is 4.89. The molecule has 0 saturated carbocycles. The number of aromatic nitrogens is 2. The van der Waals surface area contributed by atoms with Crippen LogP contribution in [0.1, 0.15) is 16.9 Å². The van der Waals surface area contributed by atoms with Crippen LogP contribution >= 0.6 is 11.8 Å². The average Bonchev–Trinajstić information content (AvgIpc) is 2.99. The SMILES string of the molecule is O=C(NCCCSc1ccccc1)c1cc2ncccc2[nH]1. The molecule has 0 bridgehead atoms. The van der Waals surface area contributed by atoms with Crippen molar-refractivity contribution in [2.75, 3.05) is 12.3 Å². The number of fused-ring (bicyclic) bond motifs is 1. The van der Waals surface area contributed by atoms with E-state index in [9.17, 15) is 4.79 Å². The van der Waals surface area contributed by atoms with Crippen LogP contribution in [-0.4, -0.2) is 28.2 Å². The van der Waals surface area contributed by atoms with Gasteiger partial charge in [-0.3, -0.25) is 9.78 Å². The molecule has 0 aliphatic carbocycles. The van der Waals surface area contributed by atoms with Crippen molar-refractivity contribution >= 4 is 28.7 Å². The van der Waals surface area contributed by atoms with Crippen molar-refractivity contribution in [2.45, 2.75) is 11.3 Å². The number of nitrogens with zero attached hydrogens (tertiary/aromatic N) is 1. The van der Waals surface area contributed by atoms with Crippen molar-refractivity contribution in [2.24, 2.45) is 0 Å². The van der Waals surface area contributed by atoms with Crippen molar-refractivity contribution in [3.05, 3.63) is 60.4 Å². The van der Waals surface area contributed by atoms with Crippen molar-refractivity contribution < 1.29 is 4.79 Å². The van der Waals surface area contributed by atoms with Crippen LogP contribution < -0.4 is 5.32 Å². The molecule has 22 heavy (non-hydrogen) atoms. The zero-order valence-corrected chi connectivity index (χ0v) is 12.9. The molecular formula is C17H17N3OS. The summed E-state index contributed by atoms with van der Waals surface area (Å²) >= 11 is 1.80. The van der Waals surface area contributed by atoms with E-state index in [2.05, 4.69) is 27.4 Å². The first-order chi connectivity index (χ1) is 10.8. The monoisotopic (exact) mass is 311 g/mol. The van der Waals surface area contributed by atoms with Crippen LogP contribution in [0.15, 0.2) is 59.6 Å². The van der Waals surface area contributed by atoms with Crippen LogP contribution in [0.25, 0.3) is 11.0 Å². The molecule has 0 atom stereocenters. The van der Waals surface area contributed by atoms with Crippen LogP contribution in [0.3, 0.4) is 0 Å². The fourth-order valence-corrected chi connectivity index (χ4v) is 3.03. The summed E-state index contributed by atoms with van der Waals surface area (Å²) in [4.78, 5) is 20.6. The summed E-state index contributed by atoms with van der Waals surface area (Å²) in [6, 6.07) is 15.8. The molecule has 0 spiro atoms. The van der Waals surface area contributed by atoms with E-state index in [1.54, 1.807) is 24.0 Å². The number of hydrogen-bond donors (Lipinski definition) is 2. The molecule has 5 heteroatoms. The fourth-order valence-electron chi connectivity index (χ4n) is 2.15. The van der Waals surface area contributed by atoms with Crippen LogP contribution in [0.2, 0.25) is 0 Å². The number of thioether (sulfide) groups is 1. The van der Waals surface area contributed by atoms with Crippen molar-refractivity contribution in [1.29, 1.82) is 0 Å². The summed E-state index contributed by atoms with van der Waals surface area (Å²) in [6.45, 7) is 0.668. The lowest BCUT2D eigenvalue weighted by atomic mass is 10.3. The lowest BCUT2D eigenvalue weighted by molar-refractivity contribution is 0.0949. The van der Waals surface area contributed by atoms with Gasteiger partial charge in [-0.25, -0.2) is 0 Å². The molecule has 0 fully saturated rings. The first-order valence-corrected chi connectivity index (χ1v) is 8.21. The van der Waals surface area contributed by atoms with Crippen molar-refractivity contribution in [3.8, 4) is 0 Å². The van der Waals surface area contributed by atoms with Gasteiger partial charge in [0.05, 0.1) is 11.0 Å². The zero-order chi connectivity index (χ0) is 15.2. The number of hydrogen-bond acceptors (Lipinski definition) is 3. The standard InChI is InChI=1S/C17H17N3OS/c21-17(16-12-15-14(20-16)8-4-9-18-15)19-10-5-11-22-13-6-2-1-3-7-13/h1-4,6-9,12,20H,5,10-11H2,(H,19,21). The molecule has 3 aromatic rings. The molecule has 1 aromatic carbocycles. The molecule has 0 aliphatic rings. The number of amides is 1. The predicted octanol–water partition coefficient (Wildman–Crippen LogP) is 3.48. The van der Waals surface area contributed by atoms with Crippen molar-refractivity contribution in [1.82, 2.24) is 15.3 Å². The van der Waals surface area contributed by atoms with Gasteiger partial charge >= 0.3 is 0 Å². The van der Waals surface area contributed by atoms with E-state index >= 15 is 0 Å². The van der Waals surface area contributed by atoms with E-state index in [-0.39, 0.29) is 5.91 Å². The second-order valence-corrected chi connectivity index (χ2v) is 6.06. The van der Waals surface area contributed by atoms with Gasteiger partial charge in [0, 0.05) is 17.6 Å². The van der Waals surface area contributed by atoms with Crippen LogP contribution in [-0.2, 0) is 0 Å². The molecule has 2 aromatic heterocycles. The normalized spacial score (nSPS) is 10.7. The topological polar surface area (TPSA) is 57.8 Å². The summed E-state index contributed by atoms with van der Waals surface area (Å²) in [5.74, 6) is 0.904. The van der Waals surface area contributed by atoms with E-state index in [1.807, 2.05) is 30.3 Å². The van der Waals surface area contributed by atoms with Gasteiger partial charge in [-0.15, -0.1) is 11.8 Å². The maximum Gasteiger partial charge on any atom is 0.267 e. The molecule has 2 N–H and O–H groups in total. The molecule has 3 rings (SSSR count). The minimum Gasteiger partial charge on any atom is -0.351 e. The Morgan fingerprint density at radius 3 is 2.86 bits per heavy atom. The molecule has 112 valence electrons. The highest BCUT2D eigenvalue weighted by Crippen LogP contribution is 2.17. The van der Waals surface area contributed by atoms with Crippen LogP contribution in [0.5, 0.6) is 0 Å². The number of rotatable bonds is 6. The first-order valence-electron chi connectivity index (χ1n) is 7.23. The maximum atomic E-state index is 12.1. The number of nitrogens with one attached hydrogen (secondary N) is 2. The van der Waals surface area contributed by atoms with Gasteiger partial charge in [-0.05, 0) is 42.5 Å². The average molecular weight is 311 g/mol. The molecule has 0 aliphatic heterocycles. The Labute approximate surface area is 133 Å². The van der Waals surface area contributed by atoms with Gasteiger partial charge in [-0.2, -0.15) is 0 Å². The number of carbonyl (C=O) groups excluding carboxylic acids is 1. The van der Waals surface area contributed by atoms with E-state index in [4.69, 9.17) is 0 Å². The van der Waals surface area contributed by atoms with E-state index in [1.165, 1.54) is 4.90 Å². The molecule has 1 amide bonds. The molecule has 0 unspecified atom stereocenters. The third-order valence-electron chi connectivity index (χ3n) is 3.25. The Bertz CT molecular complexity index is 722. The number of benzene rings is 1. The van der Waals surface area contributed by atoms with Gasteiger partial charge in [0.2, 0.25) is 0 Å². The third-order valence-corrected chi connectivity index (χ3v) is 4.35. The van der Waals surface area contributed by atoms with Gasteiger partial charge in [-0.1, -0.05) is 18.2 Å². The van der Waals surface area contributed by atoms with Gasteiger partial charge in [0.1, 0.15) is 5.69 Å². The highest BCUT2D eigenvalue weighted by Gasteiger charge is 2.08. The smallest absolute Gasteiger partial charge is 0.267 e. The summed E-state index contributed by atoms with van der Waals surface area (Å²) in [5, 5.41) is 2.93. The number of aromatic amines is 1. The fraction of sp³-hybridized carbons (Fsp3) is 0.176. The second kappa shape index (κ2) is 7.13.